The second-order valence-corrected chi connectivity index (χ2v) is 3.75. The van der Waals surface area contributed by atoms with Crippen molar-refractivity contribution in [3.8, 4) is 17.2 Å². The van der Waals surface area contributed by atoms with E-state index in [-0.39, 0.29) is 6.42 Å². The molecule has 0 radical (unpaired) electrons. The van der Waals surface area contributed by atoms with Gasteiger partial charge in [0.05, 0.1) is 32.5 Å². The standard InChI is InChI=1S/C12H13N3O4/c1-18-9-3-4-11(19-2)10(6-9)15-8(5-12(16)17)7-13-14-15/h3-4,6-7H,5H2,1-2H3,(H,16,17). The van der Waals surface area contributed by atoms with E-state index in [0.717, 1.165) is 0 Å². The maximum absolute atomic E-state index is 10.8. The molecular weight excluding hydrogens is 250 g/mol. The molecule has 2 aromatic rings. The molecule has 0 fully saturated rings. The van der Waals surface area contributed by atoms with Gasteiger partial charge in [-0.1, -0.05) is 5.21 Å². The van der Waals surface area contributed by atoms with Gasteiger partial charge in [0.2, 0.25) is 0 Å². The van der Waals surface area contributed by atoms with E-state index in [4.69, 9.17) is 14.6 Å². The number of aromatic nitrogens is 3. The molecular formula is C12H13N3O4. The molecule has 100 valence electrons. The lowest BCUT2D eigenvalue weighted by Crippen LogP contribution is -2.09. The average molecular weight is 263 g/mol. The highest BCUT2D eigenvalue weighted by atomic mass is 16.5. The predicted octanol–water partition coefficient (Wildman–Crippen LogP) is 0.912. The fourth-order valence-electron chi connectivity index (χ4n) is 1.70. The monoisotopic (exact) mass is 263 g/mol. The van der Waals surface area contributed by atoms with E-state index >= 15 is 0 Å². The van der Waals surface area contributed by atoms with Crippen LogP contribution in [-0.4, -0.2) is 40.3 Å². The molecule has 7 heteroatoms. The molecule has 0 atom stereocenters. The molecule has 0 spiro atoms. The molecule has 0 aliphatic heterocycles. The maximum Gasteiger partial charge on any atom is 0.309 e. The number of nitrogens with zero attached hydrogens (tertiary/aromatic N) is 3. The van der Waals surface area contributed by atoms with Gasteiger partial charge in [0.25, 0.3) is 0 Å². The van der Waals surface area contributed by atoms with Crippen molar-refractivity contribution in [1.29, 1.82) is 0 Å². The number of carboxylic acid groups (broad SMARTS) is 1. The van der Waals surface area contributed by atoms with Gasteiger partial charge in [0, 0.05) is 6.07 Å². The molecule has 0 amide bonds. The first-order chi connectivity index (χ1) is 9.15. The quantitative estimate of drug-likeness (QED) is 0.862. The number of hydrogen-bond donors (Lipinski definition) is 1. The molecule has 0 unspecified atom stereocenters. The lowest BCUT2D eigenvalue weighted by Gasteiger charge is -2.11. The Morgan fingerprint density at radius 1 is 1.37 bits per heavy atom. The fourth-order valence-corrected chi connectivity index (χ4v) is 1.70. The first-order valence-electron chi connectivity index (χ1n) is 5.49. The number of rotatable bonds is 5. The van der Waals surface area contributed by atoms with Crippen LogP contribution >= 0.6 is 0 Å². The van der Waals surface area contributed by atoms with Crippen molar-refractivity contribution in [2.24, 2.45) is 0 Å². The van der Waals surface area contributed by atoms with Crippen LogP contribution in [0.5, 0.6) is 11.5 Å². The normalized spacial score (nSPS) is 10.2. The molecule has 0 saturated heterocycles. The summed E-state index contributed by atoms with van der Waals surface area (Å²) in [6.45, 7) is 0. The summed E-state index contributed by atoms with van der Waals surface area (Å²) in [6, 6.07) is 5.18. The number of benzene rings is 1. The van der Waals surface area contributed by atoms with Crippen molar-refractivity contribution in [3.05, 3.63) is 30.1 Å². The minimum Gasteiger partial charge on any atom is -0.497 e. The van der Waals surface area contributed by atoms with Crippen LogP contribution in [0.4, 0.5) is 0 Å². The van der Waals surface area contributed by atoms with Crippen molar-refractivity contribution in [2.45, 2.75) is 6.42 Å². The zero-order valence-electron chi connectivity index (χ0n) is 10.5. The molecule has 0 saturated carbocycles. The molecule has 1 aromatic carbocycles. The number of hydrogen-bond acceptors (Lipinski definition) is 5. The summed E-state index contributed by atoms with van der Waals surface area (Å²) < 4.78 is 11.8. The summed E-state index contributed by atoms with van der Waals surface area (Å²) in [5, 5.41) is 16.5. The molecule has 0 aliphatic rings. The second-order valence-electron chi connectivity index (χ2n) is 3.75. The molecule has 0 bridgehead atoms. The smallest absolute Gasteiger partial charge is 0.309 e. The van der Waals surface area contributed by atoms with Crippen LogP contribution in [0.25, 0.3) is 5.69 Å². The van der Waals surface area contributed by atoms with Crippen molar-refractivity contribution in [1.82, 2.24) is 15.0 Å². The largest absolute Gasteiger partial charge is 0.497 e. The van der Waals surface area contributed by atoms with Crippen molar-refractivity contribution < 1.29 is 19.4 Å². The first-order valence-corrected chi connectivity index (χ1v) is 5.49. The summed E-state index contributed by atoms with van der Waals surface area (Å²) in [4.78, 5) is 10.8. The van der Waals surface area contributed by atoms with Gasteiger partial charge in [-0.25, -0.2) is 4.68 Å². The van der Waals surface area contributed by atoms with Crippen LogP contribution in [0.3, 0.4) is 0 Å². The van der Waals surface area contributed by atoms with Crippen LogP contribution < -0.4 is 9.47 Å². The molecule has 0 aliphatic carbocycles. The molecule has 1 N–H and O–H groups in total. The van der Waals surface area contributed by atoms with Crippen molar-refractivity contribution in [3.63, 3.8) is 0 Å². The van der Waals surface area contributed by atoms with E-state index in [1.54, 1.807) is 25.3 Å². The first kappa shape index (κ1) is 12.9. The molecule has 2 rings (SSSR count). The van der Waals surface area contributed by atoms with Crippen LogP contribution in [0.15, 0.2) is 24.4 Å². The minimum atomic E-state index is -0.953. The van der Waals surface area contributed by atoms with E-state index < -0.39 is 5.97 Å². The van der Waals surface area contributed by atoms with Gasteiger partial charge in [-0.15, -0.1) is 5.10 Å². The minimum absolute atomic E-state index is 0.173. The number of aliphatic carboxylic acids is 1. The third kappa shape index (κ3) is 2.65. The van der Waals surface area contributed by atoms with Crippen LogP contribution in [0.2, 0.25) is 0 Å². The van der Waals surface area contributed by atoms with Gasteiger partial charge in [-0.2, -0.15) is 0 Å². The third-order valence-electron chi connectivity index (χ3n) is 2.57. The van der Waals surface area contributed by atoms with E-state index in [9.17, 15) is 4.79 Å². The summed E-state index contributed by atoms with van der Waals surface area (Å²) in [5.41, 5.74) is 1.04. The molecule has 1 aromatic heterocycles. The molecule has 1 heterocycles. The lowest BCUT2D eigenvalue weighted by atomic mass is 10.2. The van der Waals surface area contributed by atoms with Crippen molar-refractivity contribution >= 4 is 5.97 Å². The van der Waals surface area contributed by atoms with Crippen molar-refractivity contribution in [2.75, 3.05) is 14.2 Å². The van der Waals surface area contributed by atoms with Gasteiger partial charge in [-0.05, 0) is 12.1 Å². The highest BCUT2D eigenvalue weighted by Gasteiger charge is 2.14. The van der Waals surface area contributed by atoms with Gasteiger partial charge in [0.15, 0.2) is 0 Å². The Bertz CT molecular complexity index is 594. The van der Waals surface area contributed by atoms with Crippen LogP contribution in [0, 0.1) is 0 Å². The van der Waals surface area contributed by atoms with Crippen LogP contribution in [-0.2, 0) is 11.2 Å². The molecule has 7 nitrogen and oxygen atoms in total. The zero-order chi connectivity index (χ0) is 13.8. The Morgan fingerprint density at radius 3 is 2.79 bits per heavy atom. The fraction of sp³-hybridized carbons (Fsp3) is 0.250. The SMILES string of the molecule is COc1ccc(OC)c(-n2nncc2CC(=O)O)c1. The Morgan fingerprint density at radius 2 is 2.16 bits per heavy atom. The maximum atomic E-state index is 10.8. The topological polar surface area (TPSA) is 86.5 Å². The number of carbonyl (C=O) groups is 1. The number of ether oxygens (including phenoxy) is 2. The predicted molar refractivity (Wildman–Crippen MR) is 65.8 cm³/mol. The van der Waals surface area contributed by atoms with Crippen LogP contribution in [0.1, 0.15) is 5.69 Å². The summed E-state index contributed by atoms with van der Waals surface area (Å²) in [7, 11) is 3.07. The Hall–Kier alpha value is -2.57. The van der Waals surface area contributed by atoms with Gasteiger partial charge < -0.3 is 14.6 Å². The average Bonchev–Trinajstić information content (AvgIpc) is 2.85. The number of methoxy groups -OCH3 is 2. The summed E-state index contributed by atoms with van der Waals surface area (Å²) in [5.74, 6) is 0.218. The molecule has 19 heavy (non-hydrogen) atoms. The van der Waals surface area contributed by atoms with Gasteiger partial charge in [0.1, 0.15) is 17.2 Å². The van der Waals surface area contributed by atoms with E-state index in [0.29, 0.717) is 22.9 Å². The summed E-state index contributed by atoms with van der Waals surface area (Å²) in [6.07, 6.45) is 1.24. The Kier molecular flexibility index (Phi) is 3.65. The van der Waals surface area contributed by atoms with E-state index in [2.05, 4.69) is 10.3 Å². The summed E-state index contributed by atoms with van der Waals surface area (Å²) >= 11 is 0. The van der Waals surface area contributed by atoms with Gasteiger partial charge in [-0.3, -0.25) is 4.79 Å². The highest BCUT2D eigenvalue weighted by molar-refractivity contribution is 5.69. The lowest BCUT2D eigenvalue weighted by molar-refractivity contribution is -0.136. The van der Waals surface area contributed by atoms with E-state index in [1.807, 2.05) is 0 Å². The zero-order valence-corrected chi connectivity index (χ0v) is 10.5. The second kappa shape index (κ2) is 5.38. The van der Waals surface area contributed by atoms with E-state index in [1.165, 1.54) is 18.0 Å². The Labute approximate surface area is 109 Å². The highest BCUT2D eigenvalue weighted by Crippen LogP contribution is 2.27. The Balaban J connectivity index is 2.51. The van der Waals surface area contributed by atoms with Gasteiger partial charge >= 0.3 is 5.97 Å². The third-order valence-corrected chi connectivity index (χ3v) is 2.57. The number of carboxylic acids is 1.